The number of hydrogen-bond donors (Lipinski definition) is 2. The van der Waals surface area contributed by atoms with Crippen molar-refractivity contribution in [2.24, 2.45) is 0 Å². The SMILES string of the molecule is Cc1cccc(NCc2cc(=O)n3nc(-c4ccccc4)cc3[nH]2)c1C. The van der Waals surface area contributed by atoms with E-state index in [-0.39, 0.29) is 5.56 Å². The van der Waals surface area contributed by atoms with Gasteiger partial charge in [-0.05, 0) is 31.0 Å². The summed E-state index contributed by atoms with van der Waals surface area (Å²) in [4.78, 5) is 15.7. The van der Waals surface area contributed by atoms with E-state index < -0.39 is 0 Å². The molecule has 0 radical (unpaired) electrons. The van der Waals surface area contributed by atoms with Crippen LogP contribution < -0.4 is 10.9 Å². The summed E-state index contributed by atoms with van der Waals surface area (Å²) >= 11 is 0. The molecule has 0 aliphatic rings. The van der Waals surface area contributed by atoms with Crippen LogP contribution in [0.25, 0.3) is 16.9 Å². The normalized spacial score (nSPS) is 11.0. The molecular formula is C21H20N4O. The van der Waals surface area contributed by atoms with Crippen LogP contribution in [0.2, 0.25) is 0 Å². The highest BCUT2D eigenvalue weighted by atomic mass is 16.1. The van der Waals surface area contributed by atoms with Crippen molar-refractivity contribution in [1.29, 1.82) is 0 Å². The van der Waals surface area contributed by atoms with Gasteiger partial charge in [0.2, 0.25) is 0 Å². The minimum atomic E-state index is -0.140. The summed E-state index contributed by atoms with van der Waals surface area (Å²) in [5, 5.41) is 7.82. The van der Waals surface area contributed by atoms with Crippen LogP contribution in [-0.2, 0) is 6.54 Å². The Morgan fingerprint density at radius 1 is 1.04 bits per heavy atom. The molecular weight excluding hydrogens is 324 g/mol. The van der Waals surface area contributed by atoms with E-state index in [9.17, 15) is 4.79 Å². The Kier molecular flexibility index (Phi) is 4.05. The molecule has 0 unspecified atom stereocenters. The van der Waals surface area contributed by atoms with E-state index in [1.165, 1.54) is 15.6 Å². The lowest BCUT2D eigenvalue weighted by Gasteiger charge is -2.11. The fourth-order valence-electron chi connectivity index (χ4n) is 3.03. The number of nitrogens with one attached hydrogen (secondary N) is 2. The zero-order valence-corrected chi connectivity index (χ0v) is 14.8. The highest BCUT2D eigenvalue weighted by Crippen LogP contribution is 2.20. The van der Waals surface area contributed by atoms with E-state index in [2.05, 4.69) is 35.3 Å². The van der Waals surface area contributed by atoms with Crippen molar-refractivity contribution < 1.29 is 0 Å². The zero-order valence-electron chi connectivity index (χ0n) is 14.8. The predicted molar refractivity (Wildman–Crippen MR) is 104 cm³/mol. The van der Waals surface area contributed by atoms with Crippen LogP contribution in [0.3, 0.4) is 0 Å². The molecule has 130 valence electrons. The number of hydrogen-bond acceptors (Lipinski definition) is 3. The third kappa shape index (κ3) is 2.99. The van der Waals surface area contributed by atoms with Crippen LogP contribution in [-0.4, -0.2) is 14.6 Å². The van der Waals surface area contributed by atoms with Crippen molar-refractivity contribution in [3.8, 4) is 11.3 Å². The Balaban J connectivity index is 1.65. The highest BCUT2D eigenvalue weighted by Gasteiger charge is 2.08. The Bertz CT molecular complexity index is 1130. The number of aryl methyl sites for hydroxylation is 1. The van der Waals surface area contributed by atoms with Crippen molar-refractivity contribution >= 4 is 11.3 Å². The number of rotatable bonds is 4. The Morgan fingerprint density at radius 2 is 1.85 bits per heavy atom. The molecule has 0 spiro atoms. The topological polar surface area (TPSA) is 62.2 Å². The standard InChI is InChI=1S/C21H20N4O/c1-14-7-6-10-18(15(14)2)22-13-17-11-21(26)25-20(23-17)12-19(24-25)16-8-4-3-5-9-16/h3-12,22-23H,13H2,1-2H3. The van der Waals surface area contributed by atoms with E-state index in [0.29, 0.717) is 12.2 Å². The van der Waals surface area contributed by atoms with Gasteiger partial charge in [0, 0.05) is 29.1 Å². The first-order valence-corrected chi connectivity index (χ1v) is 8.59. The minimum absolute atomic E-state index is 0.140. The van der Waals surface area contributed by atoms with Gasteiger partial charge in [-0.25, -0.2) is 0 Å². The third-order valence-electron chi connectivity index (χ3n) is 4.65. The van der Waals surface area contributed by atoms with E-state index in [0.717, 1.165) is 22.6 Å². The van der Waals surface area contributed by atoms with Crippen molar-refractivity contribution in [2.45, 2.75) is 20.4 Å². The molecule has 2 aromatic heterocycles. The molecule has 5 nitrogen and oxygen atoms in total. The van der Waals surface area contributed by atoms with Gasteiger partial charge in [-0.2, -0.15) is 9.61 Å². The minimum Gasteiger partial charge on any atom is -0.379 e. The summed E-state index contributed by atoms with van der Waals surface area (Å²) in [5.41, 5.74) is 6.66. The molecule has 2 N–H and O–H groups in total. The summed E-state index contributed by atoms with van der Waals surface area (Å²) in [6, 6.07) is 19.5. The second-order valence-corrected chi connectivity index (χ2v) is 6.43. The van der Waals surface area contributed by atoms with Crippen LogP contribution in [0.1, 0.15) is 16.8 Å². The maximum Gasteiger partial charge on any atom is 0.274 e. The van der Waals surface area contributed by atoms with Gasteiger partial charge in [-0.1, -0.05) is 42.5 Å². The Hall–Kier alpha value is -3.34. The van der Waals surface area contributed by atoms with Gasteiger partial charge in [-0.15, -0.1) is 0 Å². The highest BCUT2D eigenvalue weighted by molar-refractivity contribution is 5.64. The summed E-state index contributed by atoms with van der Waals surface area (Å²) in [6.45, 7) is 4.72. The number of nitrogens with zero attached hydrogens (tertiary/aromatic N) is 2. The lowest BCUT2D eigenvalue weighted by Crippen LogP contribution is -2.17. The van der Waals surface area contributed by atoms with Crippen molar-refractivity contribution in [1.82, 2.24) is 14.6 Å². The van der Waals surface area contributed by atoms with E-state index >= 15 is 0 Å². The summed E-state index contributed by atoms with van der Waals surface area (Å²) < 4.78 is 1.41. The number of benzene rings is 2. The average molecular weight is 344 g/mol. The molecule has 26 heavy (non-hydrogen) atoms. The van der Waals surface area contributed by atoms with E-state index in [4.69, 9.17) is 0 Å². The summed E-state index contributed by atoms with van der Waals surface area (Å²) in [5.74, 6) is 0. The summed E-state index contributed by atoms with van der Waals surface area (Å²) in [6.07, 6.45) is 0. The van der Waals surface area contributed by atoms with Gasteiger partial charge in [-0.3, -0.25) is 4.79 Å². The zero-order chi connectivity index (χ0) is 18.1. The van der Waals surface area contributed by atoms with Crippen LogP contribution in [0.4, 0.5) is 5.69 Å². The first-order valence-electron chi connectivity index (χ1n) is 8.59. The smallest absolute Gasteiger partial charge is 0.274 e. The van der Waals surface area contributed by atoms with Gasteiger partial charge in [0.1, 0.15) is 5.65 Å². The maximum atomic E-state index is 12.4. The fraction of sp³-hybridized carbons (Fsp3) is 0.143. The maximum absolute atomic E-state index is 12.4. The van der Waals surface area contributed by atoms with Gasteiger partial charge >= 0.3 is 0 Å². The van der Waals surface area contributed by atoms with Crippen molar-refractivity contribution in [3.05, 3.63) is 87.8 Å². The van der Waals surface area contributed by atoms with Crippen LogP contribution in [0.5, 0.6) is 0 Å². The van der Waals surface area contributed by atoms with Crippen LogP contribution in [0, 0.1) is 13.8 Å². The number of anilines is 1. The first kappa shape index (κ1) is 16.1. The first-order chi connectivity index (χ1) is 12.6. The summed E-state index contributed by atoms with van der Waals surface area (Å²) in [7, 11) is 0. The molecule has 0 saturated heterocycles. The second kappa shape index (κ2) is 6.52. The molecule has 4 rings (SSSR count). The van der Waals surface area contributed by atoms with Gasteiger partial charge in [0.15, 0.2) is 0 Å². The Morgan fingerprint density at radius 3 is 2.65 bits per heavy atom. The second-order valence-electron chi connectivity index (χ2n) is 6.43. The van der Waals surface area contributed by atoms with Gasteiger partial charge in [0.25, 0.3) is 5.56 Å². The third-order valence-corrected chi connectivity index (χ3v) is 4.65. The largest absolute Gasteiger partial charge is 0.379 e. The quantitative estimate of drug-likeness (QED) is 0.590. The molecule has 0 saturated carbocycles. The van der Waals surface area contributed by atoms with Crippen molar-refractivity contribution in [3.63, 3.8) is 0 Å². The molecule has 4 aromatic rings. The lowest BCUT2D eigenvalue weighted by molar-refractivity contribution is 0.880. The molecule has 0 aliphatic carbocycles. The molecule has 0 aliphatic heterocycles. The predicted octanol–water partition coefficient (Wildman–Crippen LogP) is 3.92. The van der Waals surface area contributed by atoms with Crippen LogP contribution in [0.15, 0.2) is 65.5 Å². The lowest BCUT2D eigenvalue weighted by atomic mass is 10.1. The van der Waals surface area contributed by atoms with E-state index in [1.807, 2.05) is 48.5 Å². The number of fused-ring (bicyclic) bond motifs is 1. The molecule has 0 amide bonds. The number of aromatic nitrogens is 3. The molecule has 2 heterocycles. The van der Waals surface area contributed by atoms with Crippen LogP contribution >= 0.6 is 0 Å². The number of aromatic amines is 1. The monoisotopic (exact) mass is 344 g/mol. The molecule has 0 bridgehead atoms. The van der Waals surface area contributed by atoms with Gasteiger partial charge < -0.3 is 10.3 Å². The Labute approximate surface area is 151 Å². The van der Waals surface area contributed by atoms with Gasteiger partial charge in [0.05, 0.1) is 12.2 Å². The van der Waals surface area contributed by atoms with E-state index in [1.54, 1.807) is 6.07 Å². The van der Waals surface area contributed by atoms with Crippen molar-refractivity contribution in [2.75, 3.05) is 5.32 Å². The molecule has 2 aromatic carbocycles. The molecule has 5 heteroatoms. The molecule has 0 atom stereocenters. The number of H-pyrrole nitrogens is 1. The average Bonchev–Trinajstić information content (AvgIpc) is 3.08. The fourth-order valence-corrected chi connectivity index (χ4v) is 3.03. The molecule has 0 fully saturated rings.